The Balaban J connectivity index is 2.31. The van der Waals surface area contributed by atoms with Gasteiger partial charge >= 0.3 is 0 Å². The predicted octanol–water partition coefficient (Wildman–Crippen LogP) is 3.49. The van der Waals surface area contributed by atoms with Gasteiger partial charge in [0.2, 0.25) is 11.8 Å². The predicted molar refractivity (Wildman–Crippen MR) is 96.3 cm³/mol. The number of hydrazone groups is 1. The molecule has 24 heavy (non-hydrogen) atoms. The molecule has 0 saturated heterocycles. The van der Waals surface area contributed by atoms with E-state index in [1.807, 2.05) is 13.8 Å². The minimum absolute atomic E-state index is 0.105. The van der Waals surface area contributed by atoms with Crippen LogP contribution in [0, 0.1) is 0 Å². The van der Waals surface area contributed by atoms with Crippen molar-refractivity contribution >= 4 is 23.2 Å². The molecule has 0 radical (unpaired) electrons. The van der Waals surface area contributed by atoms with Crippen molar-refractivity contribution in [2.24, 2.45) is 5.10 Å². The summed E-state index contributed by atoms with van der Waals surface area (Å²) in [6.45, 7) is 6.50. The fourth-order valence-corrected chi connectivity index (χ4v) is 1.95. The molecule has 0 bridgehead atoms. The van der Waals surface area contributed by atoms with E-state index in [-0.39, 0.29) is 24.7 Å². The second kappa shape index (κ2) is 11.2. The molecule has 1 aromatic rings. The molecule has 0 fully saturated rings. The van der Waals surface area contributed by atoms with Gasteiger partial charge in [0.1, 0.15) is 5.75 Å². The molecule has 0 unspecified atom stereocenters. The van der Waals surface area contributed by atoms with Gasteiger partial charge in [-0.05, 0) is 51.0 Å². The molecule has 6 nitrogen and oxygen atoms in total. The summed E-state index contributed by atoms with van der Waals surface area (Å²) in [4.78, 5) is 23.5. The lowest BCUT2D eigenvalue weighted by atomic mass is 10.2. The Hall–Kier alpha value is -2.37. The molecule has 2 amide bonds. The zero-order chi connectivity index (χ0) is 17.8. The molecule has 0 saturated carbocycles. The highest BCUT2D eigenvalue weighted by molar-refractivity contribution is 5.93. The Morgan fingerprint density at radius 3 is 2.33 bits per heavy atom. The van der Waals surface area contributed by atoms with Gasteiger partial charge in [0.25, 0.3) is 0 Å². The van der Waals surface area contributed by atoms with Crippen molar-refractivity contribution in [2.75, 3.05) is 11.9 Å². The minimum Gasteiger partial charge on any atom is -0.494 e. The molecule has 0 aromatic heterocycles. The van der Waals surface area contributed by atoms with E-state index < -0.39 is 0 Å². The maximum absolute atomic E-state index is 11.8. The van der Waals surface area contributed by atoms with E-state index in [1.54, 1.807) is 24.3 Å². The van der Waals surface area contributed by atoms with Crippen molar-refractivity contribution < 1.29 is 14.3 Å². The zero-order valence-corrected chi connectivity index (χ0v) is 14.7. The number of unbranched alkanes of at least 4 members (excludes halogenated alkanes) is 1. The number of hydrogen-bond acceptors (Lipinski definition) is 4. The molecule has 6 heteroatoms. The van der Waals surface area contributed by atoms with Crippen LogP contribution in [0.3, 0.4) is 0 Å². The quantitative estimate of drug-likeness (QED) is 0.508. The average Bonchev–Trinajstić information content (AvgIpc) is 2.58. The first-order valence-electron chi connectivity index (χ1n) is 8.39. The number of rotatable bonds is 10. The normalized spacial score (nSPS) is 11.0. The topological polar surface area (TPSA) is 79.8 Å². The van der Waals surface area contributed by atoms with Gasteiger partial charge in [0.15, 0.2) is 0 Å². The van der Waals surface area contributed by atoms with Gasteiger partial charge in [0, 0.05) is 24.2 Å². The highest BCUT2D eigenvalue weighted by Gasteiger charge is 2.07. The molecule has 0 aliphatic heterocycles. The van der Waals surface area contributed by atoms with Crippen LogP contribution in [0.1, 0.15) is 52.9 Å². The number of carbonyl (C=O) groups is 2. The highest BCUT2D eigenvalue weighted by atomic mass is 16.5. The molecule has 1 aromatic carbocycles. The van der Waals surface area contributed by atoms with E-state index in [1.165, 1.54) is 0 Å². The highest BCUT2D eigenvalue weighted by Crippen LogP contribution is 2.15. The lowest BCUT2D eigenvalue weighted by Gasteiger charge is -2.07. The molecular weight excluding hydrogens is 306 g/mol. The third kappa shape index (κ3) is 8.31. The Kier molecular flexibility index (Phi) is 9.19. The lowest BCUT2D eigenvalue weighted by molar-refractivity contribution is -0.124. The first-order chi connectivity index (χ1) is 11.5. The zero-order valence-electron chi connectivity index (χ0n) is 14.7. The Bertz CT molecular complexity index is 553. The van der Waals surface area contributed by atoms with Crippen LogP contribution in [0.15, 0.2) is 29.4 Å². The van der Waals surface area contributed by atoms with Gasteiger partial charge < -0.3 is 10.1 Å². The Labute approximate surface area is 143 Å². The second-order valence-electron chi connectivity index (χ2n) is 5.49. The van der Waals surface area contributed by atoms with Gasteiger partial charge in [-0.1, -0.05) is 13.3 Å². The first kappa shape index (κ1) is 19.7. The number of benzene rings is 1. The van der Waals surface area contributed by atoms with E-state index >= 15 is 0 Å². The summed E-state index contributed by atoms with van der Waals surface area (Å²) >= 11 is 0. The number of hydrogen-bond donors (Lipinski definition) is 2. The first-order valence-corrected chi connectivity index (χ1v) is 8.39. The number of ether oxygens (including phenoxy) is 1. The molecule has 0 aliphatic rings. The number of anilines is 1. The standard InChI is InChI=1S/C18H27N3O3/c1-4-6-7-14(3)20-21-18(23)13-12-17(22)19-15-8-10-16(11-9-15)24-5-2/h8-11H,4-7,12-13H2,1-3H3,(H,19,22)(H,21,23). The summed E-state index contributed by atoms with van der Waals surface area (Å²) in [6, 6.07) is 7.12. The average molecular weight is 333 g/mol. The largest absolute Gasteiger partial charge is 0.494 e. The summed E-state index contributed by atoms with van der Waals surface area (Å²) in [5.74, 6) is 0.292. The maximum Gasteiger partial charge on any atom is 0.240 e. The summed E-state index contributed by atoms with van der Waals surface area (Å²) in [5, 5.41) is 6.77. The van der Waals surface area contributed by atoms with Gasteiger partial charge in [-0.25, -0.2) is 5.43 Å². The van der Waals surface area contributed by atoms with Crippen molar-refractivity contribution in [3.05, 3.63) is 24.3 Å². The van der Waals surface area contributed by atoms with Crippen LogP contribution < -0.4 is 15.5 Å². The molecule has 0 aliphatic carbocycles. The number of nitrogens with zero attached hydrogens (tertiary/aromatic N) is 1. The monoisotopic (exact) mass is 333 g/mol. The smallest absolute Gasteiger partial charge is 0.240 e. The van der Waals surface area contributed by atoms with E-state index in [4.69, 9.17) is 4.74 Å². The second-order valence-corrected chi connectivity index (χ2v) is 5.49. The molecule has 2 N–H and O–H groups in total. The molecule has 0 atom stereocenters. The number of nitrogens with one attached hydrogen (secondary N) is 2. The van der Waals surface area contributed by atoms with E-state index in [2.05, 4.69) is 22.8 Å². The Morgan fingerprint density at radius 1 is 1.04 bits per heavy atom. The van der Waals surface area contributed by atoms with E-state index in [0.29, 0.717) is 12.3 Å². The fraction of sp³-hybridized carbons (Fsp3) is 0.500. The van der Waals surface area contributed by atoms with Crippen molar-refractivity contribution in [3.63, 3.8) is 0 Å². The van der Waals surface area contributed by atoms with Crippen LogP contribution >= 0.6 is 0 Å². The fourth-order valence-electron chi connectivity index (χ4n) is 1.95. The van der Waals surface area contributed by atoms with Crippen LogP contribution in [-0.2, 0) is 9.59 Å². The van der Waals surface area contributed by atoms with Crippen LogP contribution in [0.2, 0.25) is 0 Å². The molecular formula is C18H27N3O3. The summed E-state index contributed by atoms with van der Waals surface area (Å²) in [6.07, 6.45) is 3.23. The van der Waals surface area contributed by atoms with Crippen LogP contribution in [0.4, 0.5) is 5.69 Å². The van der Waals surface area contributed by atoms with Crippen molar-refractivity contribution in [1.29, 1.82) is 0 Å². The molecule has 0 spiro atoms. The van der Waals surface area contributed by atoms with Gasteiger partial charge in [-0.3, -0.25) is 9.59 Å². The van der Waals surface area contributed by atoms with E-state index in [0.717, 1.165) is 30.7 Å². The summed E-state index contributed by atoms with van der Waals surface area (Å²) in [5.41, 5.74) is 4.06. The maximum atomic E-state index is 11.8. The van der Waals surface area contributed by atoms with Gasteiger partial charge in [0.05, 0.1) is 6.61 Å². The third-order valence-corrected chi connectivity index (χ3v) is 3.29. The van der Waals surface area contributed by atoms with Crippen molar-refractivity contribution in [3.8, 4) is 5.75 Å². The SMILES string of the molecule is CCCCC(C)=NNC(=O)CCC(=O)Nc1ccc(OCC)cc1. The molecule has 1 rings (SSSR count). The number of carbonyl (C=O) groups excluding carboxylic acids is 2. The minimum atomic E-state index is -0.257. The third-order valence-electron chi connectivity index (χ3n) is 3.29. The molecule has 0 heterocycles. The molecule has 132 valence electrons. The van der Waals surface area contributed by atoms with Crippen LogP contribution in [-0.4, -0.2) is 24.1 Å². The Morgan fingerprint density at radius 2 is 1.71 bits per heavy atom. The van der Waals surface area contributed by atoms with Crippen LogP contribution in [0.5, 0.6) is 5.75 Å². The number of amides is 2. The van der Waals surface area contributed by atoms with Gasteiger partial charge in [-0.2, -0.15) is 5.10 Å². The van der Waals surface area contributed by atoms with E-state index in [9.17, 15) is 9.59 Å². The summed E-state index contributed by atoms with van der Waals surface area (Å²) in [7, 11) is 0. The van der Waals surface area contributed by atoms with Crippen molar-refractivity contribution in [1.82, 2.24) is 5.43 Å². The summed E-state index contributed by atoms with van der Waals surface area (Å²) < 4.78 is 5.34. The lowest BCUT2D eigenvalue weighted by Crippen LogP contribution is -2.21. The van der Waals surface area contributed by atoms with Crippen LogP contribution in [0.25, 0.3) is 0 Å². The van der Waals surface area contributed by atoms with Crippen molar-refractivity contribution in [2.45, 2.75) is 52.9 Å². The van der Waals surface area contributed by atoms with Gasteiger partial charge in [-0.15, -0.1) is 0 Å².